The van der Waals surface area contributed by atoms with E-state index >= 15 is 0 Å². The summed E-state index contributed by atoms with van der Waals surface area (Å²) < 4.78 is 13.3. The van der Waals surface area contributed by atoms with Gasteiger partial charge in [0.1, 0.15) is 0 Å². The number of para-hydroxylation sites is 6. The summed E-state index contributed by atoms with van der Waals surface area (Å²) in [7, 11) is 0. The number of rotatable bonds is 0. The van der Waals surface area contributed by atoms with Crippen molar-refractivity contribution in [2.24, 2.45) is 0 Å². The van der Waals surface area contributed by atoms with Crippen LogP contribution in [0.3, 0.4) is 0 Å². The van der Waals surface area contributed by atoms with Crippen LogP contribution in [0.15, 0.2) is 115 Å². The van der Waals surface area contributed by atoms with Crippen LogP contribution in [-0.4, -0.2) is 11.7 Å². The molecule has 0 unspecified atom stereocenters. The number of hydrogen-bond donors (Lipinski definition) is 0. The Hall–Kier alpha value is -5.75. The molecule has 0 atom stereocenters. The van der Waals surface area contributed by atoms with Crippen LogP contribution < -0.4 is 35.7 Å². The van der Waals surface area contributed by atoms with Crippen molar-refractivity contribution in [3.8, 4) is 23.0 Å². The molecule has 4 aliphatic rings. The maximum absolute atomic E-state index is 6.66. The van der Waals surface area contributed by atoms with E-state index in [9.17, 15) is 0 Å². The zero-order valence-corrected chi connectivity index (χ0v) is 26.2. The van der Waals surface area contributed by atoms with Crippen molar-refractivity contribution in [1.29, 1.82) is 0 Å². The molecular formula is C41H28BN3O2. The van der Waals surface area contributed by atoms with Crippen molar-refractivity contribution in [3.63, 3.8) is 0 Å². The highest BCUT2D eigenvalue weighted by molar-refractivity contribution is 7.00. The van der Waals surface area contributed by atoms with Gasteiger partial charge >= 0.3 is 0 Å². The third kappa shape index (κ3) is 3.13. The second-order valence-electron chi connectivity index (χ2n) is 13.9. The highest BCUT2D eigenvalue weighted by atomic mass is 16.5. The molecule has 0 amide bonds. The minimum Gasteiger partial charge on any atom is -0.453 e. The van der Waals surface area contributed by atoms with E-state index in [2.05, 4.69) is 134 Å². The number of fused-ring (bicyclic) bond motifs is 12. The number of nitrogens with zero attached hydrogens (tertiary/aromatic N) is 3. The molecule has 0 radical (unpaired) electrons. The summed E-state index contributed by atoms with van der Waals surface area (Å²) in [5.41, 5.74) is 12.1. The fourth-order valence-electron chi connectivity index (χ4n) is 8.42. The molecule has 5 heterocycles. The maximum Gasteiger partial charge on any atom is 0.252 e. The van der Waals surface area contributed by atoms with Crippen LogP contribution in [0.2, 0.25) is 0 Å². The Labute approximate surface area is 272 Å². The lowest BCUT2D eigenvalue weighted by molar-refractivity contribution is 0.477. The largest absolute Gasteiger partial charge is 0.453 e. The van der Waals surface area contributed by atoms with Gasteiger partial charge in [-0.3, -0.25) is 0 Å². The van der Waals surface area contributed by atoms with E-state index in [1.807, 2.05) is 12.1 Å². The Kier molecular flexibility index (Phi) is 4.62. The second-order valence-corrected chi connectivity index (χ2v) is 13.9. The fourth-order valence-corrected chi connectivity index (χ4v) is 8.42. The van der Waals surface area contributed by atoms with Gasteiger partial charge in [0.2, 0.25) is 0 Å². The molecule has 6 aromatic carbocycles. The molecule has 0 aliphatic carbocycles. The predicted molar refractivity (Wildman–Crippen MR) is 192 cm³/mol. The van der Waals surface area contributed by atoms with Crippen molar-refractivity contribution in [2.75, 3.05) is 9.80 Å². The number of ether oxygens (including phenoxy) is 2. The van der Waals surface area contributed by atoms with E-state index in [0.29, 0.717) is 0 Å². The zero-order chi connectivity index (χ0) is 31.2. The Balaban J connectivity index is 1.39. The molecule has 5 nitrogen and oxygen atoms in total. The summed E-state index contributed by atoms with van der Waals surface area (Å²) in [6, 6.07) is 40.9. The molecule has 7 aromatic rings. The van der Waals surface area contributed by atoms with Crippen LogP contribution in [0.1, 0.15) is 26.5 Å². The van der Waals surface area contributed by atoms with Crippen molar-refractivity contribution < 1.29 is 9.47 Å². The molecule has 0 spiro atoms. The Bertz CT molecular complexity index is 2540. The van der Waals surface area contributed by atoms with Crippen LogP contribution in [-0.2, 0) is 5.41 Å². The first kappa shape index (κ1) is 25.4. The van der Waals surface area contributed by atoms with E-state index in [0.717, 1.165) is 73.7 Å². The minimum atomic E-state index is -0.166. The molecule has 0 saturated carbocycles. The summed E-state index contributed by atoms with van der Waals surface area (Å²) >= 11 is 0. The molecule has 11 rings (SSSR count). The second kappa shape index (κ2) is 8.53. The maximum atomic E-state index is 6.66. The lowest BCUT2D eigenvalue weighted by Gasteiger charge is -2.47. The molecule has 4 aliphatic heterocycles. The lowest BCUT2D eigenvalue weighted by atomic mass is 9.33. The molecule has 222 valence electrons. The molecule has 1 aromatic heterocycles. The highest BCUT2D eigenvalue weighted by Crippen LogP contribution is 2.57. The van der Waals surface area contributed by atoms with Gasteiger partial charge in [-0.2, -0.15) is 0 Å². The van der Waals surface area contributed by atoms with Crippen molar-refractivity contribution in [3.05, 3.63) is 121 Å². The highest BCUT2D eigenvalue weighted by Gasteiger charge is 2.49. The van der Waals surface area contributed by atoms with Crippen LogP contribution in [0.4, 0.5) is 34.1 Å². The molecule has 0 N–H and O–H groups in total. The Morgan fingerprint density at radius 1 is 0.532 bits per heavy atom. The van der Waals surface area contributed by atoms with Gasteiger partial charge in [0.05, 0.1) is 39.6 Å². The Morgan fingerprint density at radius 3 is 1.74 bits per heavy atom. The van der Waals surface area contributed by atoms with Crippen molar-refractivity contribution in [2.45, 2.75) is 26.2 Å². The minimum absolute atomic E-state index is 0.0455. The van der Waals surface area contributed by atoms with Crippen LogP contribution in [0, 0.1) is 0 Å². The third-order valence-electron chi connectivity index (χ3n) is 10.2. The summed E-state index contributed by atoms with van der Waals surface area (Å²) in [5, 5.41) is 3.53. The first-order valence-corrected chi connectivity index (χ1v) is 16.3. The third-order valence-corrected chi connectivity index (χ3v) is 10.2. The van der Waals surface area contributed by atoms with Gasteiger partial charge in [-0.25, -0.2) is 4.98 Å². The zero-order valence-electron chi connectivity index (χ0n) is 26.2. The lowest BCUT2D eigenvalue weighted by Crippen LogP contribution is -2.62. The van der Waals surface area contributed by atoms with Gasteiger partial charge in [0.25, 0.3) is 6.71 Å². The number of hydrogen-bond acceptors (Lipinski definition) is 5. The predicted octanol–water partition coefficient (Wildman–Crippen LogP) is 8.98. The molecule has 0 fully saturated rings. The van der Waals surface area contributed by atoms with E-state index in [4.69, 9.17) is 14.5 Å². The molecule has 47 heavy (non-hydrogen) atoms. The smallest absolute Gasteiger partial charge is 0.252 e. The van der Waals surface area contributed by atoms with E-state index in [1.165, 1.54) is 27.2 Å². The monoisotopic (exact) mass is 605 g/mol. The van der Waals surface area contributed by atoms with Gasteiger partial charge in [-0.05, 0) is 64.2 Å². The average Bonchev–Trinajstić information content (AvgIpc) is 3.09. The van der Waals surface area contributed by atoms with Crippen molar-refractivity contribution in [1.82, 2.24) is 4.98 Å². The quantitative estimate of drug-likeness (QED) is 0.127. The van der Waals surface area contributed by atoms with Gasteiger partial charge < -0.3 is 19.3 Å². The summed E-state index contributed by atoms with van der Waals surface area (Å²) in [6.07, 6.45) is 0. The van der Waals surface area contributed by atoms with Gasteiger partial charge in [0.15, 0.2) is 23.0 Å². The number of anilines is 6. The van der Waals surface area contributed by atoms with E-state index in [1.54, 1.807) is 0 Å². The molecule has 0 saturated heterocycles. The summed E-state index contributed by atoms with van der Waals surface area (Å²) in [6.45, 7) is 6.75. The Morgan fingerprint density at radius 2 is 1.09 bits per heavy atom. The normalized spacial score (nSPS) is 14.5. The standard InChI is InChI=1S/C41H28BN3O2/c1-41(2,3)40-24-13-5-4-12-23(24)25-22-30-35-39(36(25)43-40)45-29-17-7-9-19-32(29)47-34-21-11-15-27(38(34)45)42(35)26-14-10-20-33-37(26)44(30)28-16-6-8-18-31(28)46-33/h4-22H,1-3H3. The summed E-state index contributed by atoms with van der Waals surface area (Å²) in [4.78, 5) is 10.6. The van der Waals surface area contributed by atoms with E-state index < -0.39 is 0 Å². The SMILES string of the molecule is CC(C)(C)c1nc2c3c4c(cc2c2ccccc12)N1c2ccccc2Oc2cccc(c21)B4c1cccc2c1N3c1ccccc1O2. The first-order valence-electron chi connectivity index (χ1n) is 16.3. The molecular weight excluding hydrogens is 577 g/mol. The topological polar surface area (TPSA) is 37.8 Å². The molecule has 6 heteroatoms. The van der Waals surface area contributed by atoms with Crippen LogP contribution in [0.5, 0.6) is 23.0 Å². The fraction of sp³-hybridized carbons (Fsp3) is 0.0976. The first-order chi connectivity index (χ1) is 23.0. The van der Waals surface area contributed by atoms with Crippen molar-refractivity contribution >= 4 is 78.9 Å². The van der Waals surface area contributed by atoms with Gasteiger partial charge in [-0.1, -0.05) is 93.6 Å². The molecule has 0 bridgehead atoms. The number of pyridine rings is 1. The van der Waals surface area contributed by atoms with Crippen LogP contribution in [0.25, 0.3) is 21.7 Å². The number of benzene rings is 6. The average molecular weight is 606 g/mol. The van der Waals surface area contributed by atoms with Gasteiger partial charge in [-0.15, -0.1) is 0 Å². The van der Waals surface area contributed by atoms with Crippen LogP contribution >= 0.6 is 0 Å². The number of aromatic nitrogens is 1. The van der Waals surface area contributed by atoms with E-state index in [-0.39, 0.29) is 12.1 Å². The summed E-state index contributed by atoms with van der Waals surface area (Å²) in [5.74, 6) is 3.42. The van der Waals surface area contributed by atoms with Gasteiger partial charge in [0, 0.05) is 21.9 Å².